The van der Waals surface area contributed by atoms with Gasteiger partial charge in [0.15, 0.2) is 0 Å². The number of aryl methyl sites for hydroxylation is 3. The van der Waals surface area contributed by atoms with E-state index in [0.717, 1.165) is 12.1 Å². The van der Waals surface area contributed by atoms with E-state index in [1.807, 2.05) is 0 Å². The smallest absolute Gasteiger partial charge is 0.0352 e. The minimum atomic E-state index is 0.893. The second-order valence-electron chi connectivity index (χ2n) is 4.64. The van der Waals surface area contributed by atoms with Crippen LogP contribution in [-0.2, 0) is 6.42 Å². The molecule has 1 heteroatoms. The highest BCUT2D eigenvalue weighted by Crippen LogP contribution is 2.26. The van der Waals surface area contributed by atoms with Gasteiger partial charge in [0.05, 0.1) is 0 Å². The van der Waals surface area contributed by atoms with E-state index in [1.54, 1.807) is 0 Å². The molecule has 2 aromatic carbocycles. The van der Waals surface area contributed by atoms with Crippen molar-refractivity contribution in [2.75, 3.05) is 5.73 Å². The van der Waals surface area contributed by atoms with Gasteiger partial charge in [-0.25, -0.2) is 0 Å². The van der Waals surface area contributed by atoms with Gasteiger partial charge < -0.3 is 5.73 Å². The lowest BCUT2D eigenvalue weighted by Crippen LogP contribution is -1.93. The van der Waals surface area contributed by atoms with Crippen LogP contribution in [0.15, 0.2) is 36.4 Å². The van der Waals surface area contributed by atoms with E-state index >= 15 is 0 Å². The molecule has 0 saturated heterocycles. The van der Waals surface area contributed by atoms with Crippen LogP contribution in [0.5, 0.6) is 0 Å². The van der Waals surface area contributed by atoms with Gasteiger partial charge in [-0.05, 0) is 43.0 Å². The molecule has 1 nitrogen and oxygen atoms in total. The Bertz CT molecular complexity index is 521. The van der Waals surface area contributed by atoms with Crippen molar-refractivity contribution < 1.29 is 0 Å². The summed E-state index contributed by atoms with van der Waals surface area (Å²) in [5.41, 5.74) is 13.2. The topological polar surface area (TPSA) is 26.0 Å². The molecule has 88 valence electrons. The van der Waals surface area contributed by atoms with E-state index < -0.39 is 0 Å². The number of nitrogen functional groups attached to an aromatic ring is 1. The van der Waals surface area contributed by atoms with Gasteiger partial charge in [0.25, 0.3) is 0 Å². The summed E-state index contributed by atoms with van der Waals surface area (Å²) >= 11 is 0. The van der Waals surface area contributed by atoms with Crippen LogP contribution in [0.2, 0.25) is 0 Å². The summed E-state index contributed by atoms with van der Waals surface area (Å²) in [7, 11) is 0. The molecule has 0 radical (unpaired) electrons. The molecule has 2 rings (SSSR count). The van der Waals surface area contributed by atoms with E-state index in [1.165, 1.54) is 27.8 Å². The van der Waals surface area contributed by atoms with Crippen LogP contribution < -0.4 is 5.73 Å². The number of benzene rings is 2. The summed E-state index contributed by atoms with van der Waals surface area (Å²) in [5, 5.41) is 0. The number of nitrogens with two attached hydrogens (primary N) is 1. The van der Waals surface area contributed by atoms with Crippen LogP contribution in [0.4, 0.5) is 5.69 Å². The second kappa shape index (κ2) is 4.62. The maximum Gasteiger partial charge on any atom is 0.0352 e. The Morgan fingerprint density at radius 1 is 0.882 bits per heavy atom. The molecule has 0 heterocycles. The Morgan fingerprint density at radius 3 is 2.06 bits per heavy atom. The van der Waals surface area contributed by atoms with Gasteiger partial charge in [-0.1, -0.05) is 48.4 Å². The fourth-order valence-electron chi connectivity index (χ4n) is 2.24. The first-order valence-corrected chi connectivity index (χ1v) is 6.07. The molecule has 0 aliphatic heterocycles. The molecule has 0 saturated carbocycles. The molecule has 0 atom stereocenters. The lowest BCUT2D eigenvalue weighted by Gasteiger charge is -2.09. The maximum atomic E-state index is 6.05. The average Bonchev–Trinajstić information content (AvgIpc) is 2.27. The lowest BCUT2D eigenvalue weighted by atomic mass is 9.98. The molecule has 0 spiro atoms. The molecule has 0 aromatic heterocycles. The summed E-state index contributed by atoms with van der Waals surface area (Å²) in [4.78, 5) is 0. The first-order valence-electron chi connectivity index (χ1n) is 6.07. The van der Waals surface area contributed by atoms with Gasteiger partial charge in [-0.15, -0.1) is 0 Å². The van der Waals surface area contributed by atoms with Gasteiger partial charge >= 0.3 is 0 Å². The van der Waals surface area contributed by atoms with Crippen molar-refractivity contribution in [2.24, 2.45) is 0 Å². The number of hydrogen-bond donors (Lipinski definition) is 1. The summed E-state index contributed by atoms with van der Waals surface area (Å²) in [6.45, 7) is 6.38. The molecular weight excluding hydrogens is 206 g/mol. The number of hydrogen-bond acceptors (Lipinski definition) is 1. The molecule has 0 aliphatic rings. The first kappa shape index (κ1) is 11.7. The van der Waals surface area contributed by atoms with Crippen LogP contribution in [0.1, 0.15) is 23.6 Å². The standard InChI is InChI=1S/C16H19N/c1-4-13-5-6-14(10-16(13)17)15-8-11(2)7-12(3)9-15/h5-10H,4,17H2,1-3H3. The van der Waals surface area contributed by atoms with Crippen molar-refractivity contribution in [1.29, 1.82) is 0 Å². The van der Waals surface area contributed by atoms with Crippen molar-refractivity contribution in [3.63, 3.8) is 0 Å². The molecule has 0 unspecified atom stereocenters. The zero-order valence-electron chi connectivity index (χ0n) is 10.7. The molecule has 0 amide bonds. The Kier molecular flexibility index (Phi) is 3.19. The average molecular weight is 225 g/mol. The highest BCUT2D eigenvalue weighted by molar-refractivity contribution is 5.70. The van der Waals surface area contributed by atoms with E-state index in [9.17, 15) is 0 Å². The SMILES string of the molecule is CCc1ccc(-c2cc(C)cc(C)c2)cc1N. The van der Waals surface area contributed by atoms with Gasteiger partial charge in [0.2, 0.25) is 0 Å². The molecule has 0 bridgehead atoms. The molecule has 0 aliphatic carbocycles. The van der Waals surface area contributed by atoms with Crippen LogP contribution in [-0.4, -0.2) is 0 Å². The molecule has 0 fully saturated rings. The third kappa shape index (κ3) is 2.50. The van der Waals surface area contributed by atoms with Crippen molar-refractivity contribution in [3.05, 3.63) is 53.1 Å². The summed E-state index contributed by atoms with van der Waals surface area (Å²) < 4.78 is 0. The van der Waals surface area contributed by atoms with Gasteiger partial charge in [0.1, 0.15) is 0 Å². The van der Waals surface area contributed by atoms with Crippen LogP contribution in [0.25, 0.3) is 11.1 Å². The van der Waals surface area contributed by atoms with E-state index in [0.29, 0.717) is 0 Å². The van der Waals surface area contributed by atoms with Crippen molar-refractivity contribution in [3.8, 4) is 11.1 Å². The summed E-state index contributed by atoms with van der Waals surface area (Å²) in [6, 6.07) is 13.0. The fraction of sp³-hybridized carbons (Fsp3) is 0.250. The quantitative estimate of drug-likeness (QED) is 0.764. The van der Waals surface area contributed by atoms with Gasteiger partial charge in [-0.3, -0.25) is 0 Å². The molecule has 2 N–H and O–H groups in total. The van der Waals surface area contributed by atoms with Crippen LogP contribution >= 0.6 is 0 Å². The zero-order chi connectivity index (χ0) is 12.4. The molecule has 2 aromatic rings. The minimum absolute atomic E-state index is 0.893. The summed E-state index contributed by atoms with van der Waals surface area (Å²) in [5.74, 6) is 0. The Hall–Kier alpha value is -1.76. The Morgan fingerprint density at radius 2 is 1.53 bits per heavy atom. The lowest BCUT2D eigenvalue weighted by molar-refractivity contribution is 1.14. The predicted octanol–water partition coefficient (Wildman–Crippen LogP) is 4.12. The fourth-order valence-corrected chi connectivity index (χ4v) is 2.24. The zero-order valence-corrected chi connectivity index (χ0v) is 10.7. The van der Waals surface area contributed by atoms with Crippen LogP contribution in [0.3, 0.4) is 0 Å². The van der Waals surface area contributed by atoms with Gasteiger partial charge in [-0.2, -0.15) is 0 Å². The molecular formula is C16H19N. The van der Waals surface area contributed by atoms with E-state index in [4.69, 9.17) is 5.73 Å². The van der Waals surface area contributed by atoms with Gasteiger partial charge in [0, 0.05) is 5.69 Å². The largest absolute Gasteiger partial charge is 0.398 e. The van der Waals surface area contributed by atoms with Crippen molar-refractivity contribution >= 4 is 5.69 Å². The number of anilines is 1. The second-order valence-corrected chi connectivity index (χ2v) is 4.64. The Labute approximate surface area is 103 Å². The predicted molar refractivity (Wildman–Crippen MR) is 75.1 cm³/mol. The van der Waals surface area contributed by atoms with E-state index in [-0.39, 0.29) is 0 Å². The van der Waals surface area contributed by atoms with Crippen LogP contribution in [0, 0.1) is 13.8 Å². The maximum absolute atomic E-state index is 6.05. The highest BCUT2D eigenvalue weighted by atomic mass is 14.6. The van der Waals surface area contributed by atoms with Crippen molar-refractivity contribution in [1.82, 2.24) is 0 Å². The molecule has 17 heavy (non-hydrogen) atoms. The highest BCUT2D eigenvalue weighted by Gasteiger charge is 2.03. The minimum Gasteiger partial charge on any atom is -0.398 e. The monoisotopic (exact) mass is 225 g/mol. The third-order valence-corrected chi connectivity index (χ3v) is 3.08. The van der Waals surface area contributed by atoms with Crippen molar-refractivity contribution in [2.45, 2.75) is 27.2 Å². The number of rotatable bonds is 2. The first-order chi connectivity index (χ1) is 8.10. The normalized spacial score (nSPS) is 10.5. The van der Waals surface area contributed by atoms with E-state index in [2.05, 4.69) is 57.2 Å². The Balaban J connectivity index is 2.49. The summed E-state index contributed by atoms with van der Waals surface area (Å²) in [6.07, 6.45) is 0.985. The third-order valence-electron chi connectivity index (χ3n) is 3.08.